The fraction of sp³-hybridized carbons (Fsp3) is 0.455. The van der Waals surface area contributed by atoms with Gasteiger partial charge in [0, 0.05) is 26.3 Å². The average molecular weight is 228 g/mol. The third-order valence-electron chi connectivity index (χ3n) is 2.18. The minimum Gasteiger partial charge on any atom is -0.394 e. The highest BCUT2D eigenvalue weighted by Gasteiger charge is 2.06. The molecule has 0 aliphatic heterocycles. The standard InChI is InChI=1S/C11H17FN2O2/c1-14(2)11-4-3-8(5-10(11)12)13-6-9(16)7-15/h3-5,9,13,15-16H,6-7H2,1-2H3. The van der Waals surface area contributed by atoms with Gasteiger partial charge in [0.15, 0.2) is 0 Å². The highest BCUT2D eigenvalue weighted by atomic mass is 19.1. The summed E-state index contributed by atoms with van der Waals surface area (Å²) in [7, 11) is 3.53. The molecule has 1 aromatic carbocycles. The molecule has 0 radical (unpaired) electrons. The summed E-state index contributed by atoms with van der Waals surface area (Å²) in [6.07, 6.45) is -0.836. The van der Waals surface area contributed by atoms with Gasteiger partial charge in [-0.05, 0) is 18.2 Å². The first-order valence-electron chi connectivity index (χ1n) is 5.04. The van der Waals surface area contributed by atoms with Gasteiger partial charge in [-0.25, -0.2) is 4.39 Å². The molecule has 0 aliphatic carbocycles. The van der Waals surface area contributed by atoms with Gasteiger partial charge in [-0.2, -0.15) is 0 Å². The maximum absolute atomic E-state index is 13.5. The summed E-state index contributed by atoms with van der Waals surface area (Å²) in [6.45, 7) is -0.123. The Kier molecular flexibility index (Phi) is 4.52. The van der Waals surface area contributed by atoms with Crippen LogP contribution in [-0.4, -0.2) is 43.6 Å². The summed E-state index contributed by atoms with van der Waals surface area (Å²) in [5.74, 6) is -0.325. The molecule has 0 bridgehead atoms. The molecule has 0 spiro atoms. The van der Waals surface area contributed by atoms with E-state index in [0.29, 0.717) is 11.4 Å². The quantitative estimate of drug-likeness (QED) is 0.693. The van der Waals surface area contributed by atoms with Crippen molar-refractivity contribution in [1.29, 1.82) is 0 Å². The number of hydrogen-bond donors (Lipinski definition) is 3. The lowest BCUT2D eigenvalue weighted by atomic mass is 10.2. The van der Waals surface area contributed by atoms with E-state index in [2.05, 4.69) is 5.32 Å². The second-order valence-electron chi connectivity index (χ2n) is 3.78. The van der Waals surface area contributed by atoms with E-state index in [4.69, 9.17) is 10.2 Å². The number of anilines is 2. The lowest BCUT2D eigenvalue weighted by molar-refractivity contribution is 0.105. The van der Waals surface area contributed by atoms with Gasteiger partial charge < -0.3 is 20.4 Å². The Morgan fingerprint density at radius 3 is 2.62 bits per heavy atom. The first kappa shape index (κ1) is 12.7. The predicted molar refractivity (Wildman–Crippen MR) is 62.3 cm³/mol. The zero-order valence-electron chi connectivity index (χ0n) is 9.44. The van der Waals surface area contributed by atoms with Crippen LogP contribution in [0, 0.1) is 5.82 Å². The number of aliphatic hydroxyl groups is 2. The smallest absolute Gasteiger partial charge is 0.148 e. The fourth-order valence-corrected chi connectivity index (χ4v) is 1.28. The van der Waals surface area contributed by atoms with Crippen LogP contribution in [0.1, 0.15) is 0 Å². The molecule has 4 nitrogen and oxygen atoms in total. The predicted octanol–water partition coefficient (Wildman–Crippen LogP) is 0.657. The van der Waals surface area contributed by atoms with Gasteiger partial charge in [-0.3, -0.25) is 0 Å². The van der Waals surface area contributed by atoms with Crippen LogP contribution in [0.5, 0.6) is 0 Å². The fourth-order valence-electron chi connectivity index (χ4n) is 1.28. The number of aliphatic hydroxyl groups excluding tert-OH is 2. The number of rotatable bonds is 5. The van der Waals surface area contributed by atoms with E-state index >= 15 is 0 Å². The van der Waals surface area contributed by atoms with E-state index < -0.39 is 6.10 Å². The van der Waals surface area contributed by atoms with Crippen molar-refractivity contribution in [3.8, 4) is 0 Å². The number of benzene rings is 1. The van der Waals surface area contributed by atoms with Gasteiger partial charge in [0.2, 0.25) is 0 Å². The van der Waals surface area contributed by atoms with Crippen LogP contribution in [0.3, 0.4) is 0 Å². The van der Waals surface area contributed by atoms with E-state index in [1.165, 1.54) is 6.07 Å². The molecule has 0 saturated heterocycles. The van der Waals surface area contributed by atoms with Crippen molar-refractivity contribution in [2.45, 2.75) is 6.10 Å². The highest BCUT2D eigenvalue weighted by Crippen LogP contribution is 2.20. The summed E-state index contributed by atoms with van der Waals surface area (Å²) in [4.78, 5) is 1.68. The van der Waals surface area contributed by atoms with E-state index in [9.17, 15) is 4.39 Å². The minimum absolute atomic E-state index is 0.192. The topological polar surface area (TPSA) is 55.7 Å². The van der Waals surface area contributed by atoms with Gasteiger partial charge in [-0.1, -0.05) is 0 Å². The van der Waals surface area contributed by atoms with Crippen molar-refractivity contribution in [3.05, 3.63) is 24.0 Å². The van der Waals surface area contributed by atoms with Crippen molar-refractivity contribution in [2.75, 3.05) is 37.5 Å². The van der Waals surface area contributed by atoms with Crippen molar-refractivity contribution >= 4 is 11.4 Å². The maximum atomic E-state index is 13.5. The van der Waals surface area contributed by atoms with Crippen LogP contribution in [0.4, 0.5) is 15.8 Å². The Hall–Kier alpha value is -1.33. The molecule has 0 aromatic heterocycles. The number of nitrogens with one attached hydrogen (secondary N) is 1. The normalized spacial score (nSPS) is 12.3. The SMILES string of the molecule is CN(C)c1ccc(NCC(O)CO)cc1F. The molecule has 5 heteroatoms. The molecule has 0 aliphatic rings. The average Bonchev–Trinajstić information content (AvgIpc) is 2.25. The minimum atomic E-state index is -0.836. The van der Waals surface area contributed by atoms with Gasteiger partial charge >= 0.3 is 0 Å². The molecule has 16 heavy (non-hydrogen) atoms. The van der Waals surface area contributed by atoms with Crippen molar-refractivity contribution in [1.82, 2.24) is 0 Å². The maximum Gasteiger partial charge on any atom is 0.148 e. The first-order valence-corrected chi connectivity index (χ1v) is 5.04. The summed E-state index contributed by atoms with van der Waals surface area (Å²) in [5, 5.41) is 20.6. The lowest BCUT2D eigenvalue weighted by Gasteiger charge is -2.15. The number of hydrogen-bond acceptors (Lipinski definition) is 4. The van der Waals surface area contributed by atoms with E-state index in [0.717, 1.165) is 0 Å². The Labute approximate surface area is 94.3 Å². The Balaban J connectivity index is 2.66. The van der Waals surface area contributed by atoms with Crippen molar-refractivity contribution in [3.63, 3.8) is 0 Å². The van der Waals surface area contributed by atoms with Gasteiger partial charge in [-0.15, -0.1) is 0 Å². The van der Waals surface area contributed by atoms with E-state index in [1.807, 2.05) is 0 Å². The zero-order chi connectivity index (χ0) is 12.1. The lowest BCUT2D eigenvalue weighted by Crippen LogP contribution is -2.23. The second-order valence-corrected chi connectivity index (χ2v) is 3.78. The molecular weight excluding hydrogens is 211 g/mol. The van der Waals surface area contributed by atoms with Crippen LogP contribution in [0.15, 0.2) is 18.2 Å². The molecule has 1 rings (SSSR count). The number of halogens is 1. The molecule has 90 valence electrons. The monoisotopic (exact) mass is 228 g/mol. The first-order chi connectivity index (χ1) is 7.54. The zero-order valence-corrected chi connectivity index (χ0v) is 9.44. The molecule has 0 heterocycles. The summed E-state index contributed by atoms with van der Waals surface area (Å²) >= 11 is 0. The third-order valence-corrected chi connectivity index (χ3v) is 2.18. The van der Waals surface area contributed by atoms with Crippen molar-refractivity contribution in [2.24, 2.45) is 0 Å². The van der Waals surface area contributed by atoms with Crippen LogP contribution in [0.2, 0.25) is 0 Å². The molecule has 1 aromatic rings. The summed E-state index contributed by atoms with van der Waals surface area (Å²) in [5.41, 5.74) is 1.09. The Morgan fingerprint density at radius 1 is 1.44 bits per heavy atom. The highest BCUT2D eigenvalue weighted by molar-refractivity contribution is 5.55. The van der Waals surface area contributed by atoms with Gasteiger partial charge in [0.25, 0.3) is 0 Å². The largest absolute Gasteiger partial charge is 0.394 e. The number of nitrogens with zero attached hydrogens (tertiary/aromatic N) is 1. The summed E-state index contributed by atoms with van der Waals surface area (Å²) in [6, 6.07) is 4.74. The van der Waals surface area contributed by atoms with Gasteiger partial charge in [0.1, 0.15) is 5.82 Å². The molecule has 1 atom stereocenters. The van der Waals surface area contributed by atoms with Crippen LogP contribution in [0.25, 0.3) is 0 Å². The Bertz CT molecular complexity index is 345. The molecule has 1 unspecified atom stereocenters. The van der Waals surface area contributed by atoms with E-state index in [-0.39, 0.29) is 19.0 Å². The van der Waals surface area contributed by atoms with Crippen LogP contribution in [-0.2, 0) is 0 Å². The molecule has 0 amide bonds. The molecule has 0 saturated carbocycles. The molecule has 3 N–H and O–H groups in total. The third kappa shape index (κ3) is 3.36. The van der Waals surface area contributed by atoms with Crippen LogP contribution < -0.4 is 10.2 Å². The van der Waals surface area contributed by atoms with Crippen molar-refractivity contribution < 1.29 is 14.6 Å². The second kappa shape index (κ2) is 5.67. The molecule has 0 fully saturated rings. The summed E-state index contributed by atoms with van der Waals surface area (Å²) < 4.78 is 13.5. The Morgan fingerprint density at radius 2 is 2.12 bits per heavy atom. The van der Waals surface area contributed by atoms with E-state index in [1.54, 1.807) is 31.1 Å². The van der Waals surface area contributed by atoms with Gasteiger partial charge in [0.05, 0.1) is 18.4 Å². The molecular formula is C11H17FN2O2. The van der Waals surface area contributed by atoms with Crippen LogP contribution >= 0.6 is 0 Å².